The van der Waals surface area contributed by atoms with Crippen molar-refractivity contribution in [2.24, 2.45) is 0 Å². The number of aliphatic hydroxyl groups excluding tert-OH is 1. The molecule has 0 aliphatic rings. The first-order valence-electron chi connectivity index (χ1n) is 6.55. The summed E-state index contributed by atoms with van der Waals surface area (Å²) in [5.41, 5.74) is 6.45. The summed E-state index contributed by atoms with van der Waals surface area (Å²) in [6.07, 6.45) is 1.73. The lowest BCUT2D eigenvalue weighted by atomic mass is 9.90. The Morgan fingerprint density at radius 1 is 1.39 bits per heavy atom. The summed E-state index contributed by atoms with van der Waals surface area (Å²) in [6.45, 7) is 10.2. The van der Waals surface area contributed by atoms with E-state index in [0.29, 0.717) is 12.2 Å². The van der Waals surface area contributed by atoms with Crippen molar-refractivity contribution in [2.45, 2.75) is 45.8 Å². The fourth-order valence-electron chi connectivity index (χ4n) is 2.33. The molecular formula is C14H25N3O. The molecule has 1 atom stereocenters. The van der Waals surface area contributed by atoms with Crippen molar-refractivity contribution < 1.29 is 5.11 Å². The van der Waals surface area contributed by atoms with Gasteiger partial charge in [-0.1, -0.05) is 19.9 Å². The maximum Gasteiger partial charge on any atom is 0.126 e. The van der Waals surface area contributed by atoms with E-state index in [1.807, 2.05) is 12.1 Å². The van der Waals surface area contributed by atoms with Gasteiger partial charge in [-0.25, -0.2) is 4.98 Å². The number of rotatable bonds is 6. The van der Waals surface area contributed by atoms with Crippen LogP contribution in [-0.2, 0) is 6.42 Å². The second-order valence-corrected chi connectivity index (χ2v) is 5.09. The second-order valence-electron chi connectivity index (χ2n) is 5.09. The quantitative estimate of drug-likeness (QED) is 0.807. The highest BCUT2D eigenvalue weighted by Gasteiger charge is 2.32. The summed E-state index contributed by atoms with van der Waals surface area (Å²) in [4.78, 5) is 6.31. The molecule has 18 heavy (non-hydrogen) atoms. The molecule has 102 valence electrons. The van der Waals surface area contributed by atoms with Gasteiger partial charge in [0, 0.05) is 18.2 Å². The van der Waals surface area contributed by atoms with Gasteiger partial charge in [0.15, 0.2) is 0 Å². The predicted molar refractivity (Wildman–Crippen MR) is 75.4 cm³/mol. The molecule has 4 heteroatoms. The molecule has 4 nitrogen and oxygen atoms in total. The summed E-state index contributed by atoms with van der Waals surface area (Å²) in [5.74, 6) is 0.506. The van der Waals surface area contributed by atoms with Gasteiger partial charge in [0.2, 0.25) is 0 Å². The summed E-state index contributed by atoms with van der Waals surface area (Å²) in [7, 11) is 0. The molecular weight excluding hydrogens is 226 g/mol. The summed E-state index contributed by atoms with van der Waals surface area (Å²) < 4.78 is 0. The van der Waals surface area contributed by atoms with Gasteiger partial charge in [-0.2, -0.15) is 0 Å². The number of pyridine rings is 1. The van der Waals surface area contributed by atoms with E-state index in [-0.39, 0.29) is 5.54 Å². The maximum atomic E-state index is 10.5. The van der Waals surface area contributed by atoms with Gasteiger partial charge in [0.25, 0.3) is 0 Å². The summed E-state index contributed by atoms with van der Waals surface area (Å²) in [6, 6.07) is 3.77. The Balaban J connectivity index is 2.81. The molecule has 0 amide bonds. The van der Waals surface area contributed by atoms with Crippen molar-refractivity contribution in [2.75, 3.05) is 18.8 Å². The number of nitrogen functional groups attached to an aromatic ring is 1. The van der Waals surface area contributed by atoms with E-state index >= 15 is 0 Å². The Labute approximate surface area is 110 Å². The minimum atomic E-state index is -0.469. The van der Waals surface area contributed by atoms with Crippen LogP contribution in [0.4, 0.5) is 5.82 Å². The lowest BCUT2D eigenvalue weighted by Gasteiger charge is -2.41. The van der Waals surface area contributed by atoms with Gasteiger partial charge in [0.05, 0.1) is 6.10 Å². The van der Waals surface area contributed by atoms with Crippen LogP contribution in [0.1, 0.15) is 33.3 Å². The van der Waals surface area contributed by atoms with Crippen LogP contribution >= 0.6 is 0 Å². The van der Waals surface area contributed by atoms with Crippen molar-refractivity contribution >= 4 is 5.82 Å². The first-order valence-corrected chi connectivity index (χ1v) is 6.55. The Bertz CT molecular complexity index is 375. The first-order chi connectivity index (χ1) is 8.43. The molecule has 3 N–H and O–H groups in total. The van der Waals surface area contributed by atoms with Crippen LogP contribution in [-0.4, -0.2) is 39.7 Å². The molecule has 1 aromatic heterocycles. The molecule has 0 fully saturated rings. The second kappa shape index (κ2) is 6.16. The van der Waals surface area contributed by atoms with Crippen LogP contribution in [0.15, 0.2) is 18.3 Å². The van der Waals surface area contributed by atoms with Gasteiger partial charge < -0.3 is 10.8 Å². The zero-order chi connectivity index (χ0) is 13.8. The molecule has 1 unspecified atom stereocenters. The average Bonchev–Trinajstić information content (AvgIpc) is 2.33. The Morgan fingerprint density at radius 3 is 2.50 bits per heavy atom. The third-order valence-electron chi connectivity index (χ3n) is 3.73. The minimum absolute atomic E-state index is 0.272. The molecule has 0 saturated carbocycles. The highest BCUT2D eigenvalue weighted by Crippen LogP contribution is 2.23. The van der Waals surface area contributed by atoms with E-state index in [2.05, 4.69) is 37.6 Å². The Kier molecular flexibility index (Phi) is 5.11. The standard InChI is InChI=1S/C14H25N3O/c1-5-17(6-2)14(3,4)12(18)10-11-8-7-9-16-13(11)15/h7-9,12,18H,5-6,10H2,1-4H3,(H2,15,16). The molecule has 0 saturated heterocycles. The van der Waals surface area contributed by atoms with Gasteiger partial charge in [-0.15, -0.1) is 0 Å². The van der Waals surface area contributed by atoms with Crippen LogP contribution in [0.5, 0.6) is 0 Å². The Morgan fingerprint density at radius 2 is 2.00 bits per heavy atom. The largest absolute Gasteiger partial charge is 0.391 e. The smallest absolute Gasteiger partial charge is 0.126 e. The average molecular weight is 251 g/mol. The molecule has 0 aromatic carbocycles. The van der Waals surface area contributed by atoms with E-state index < -0.39 is 6.10 Å². The zero-order valence-corrected chi connectivity index (χ0v) is 11.8. The number of nitrogens with two attached hydrogens (primary N) is 1. The van der Waals surface area contributed by atoms with Crippen molar-refractivity contribution in [3.63, 3.8) is 0 Å². The van der Waals surface area contributed by atoms with Crippen LogP contribution in [0.25, 0.3) is 0 Å². The van der Waals surface area contributed by atoms with Crippen LogP contribution in [0.3, 0.4) is 0 Å². The number of anilines is 1. The molecule has 0 bridgehead atoms. The number of likely N-dealkylation sites (N-methyl/N-ethyl adjacent to an activating group) is 1. The number of aliphatic hydroxyl groups is 1. The van der Waals surface area contributed by atoms with Gasteiger partial charge in [-0.3, -0.25) is 4.90 Å². The molecule has 1 rings (SSSR count). The van der Waals surface area contributed by atoms with Crippen molar-refractivity contribution in [3.8, 4) is 0 Å². The number of hydrogen-bond acceptors (Lipinski definition) is 4. The maximum absolute atomic E-state index is 10.5. The molecule has 1 aromatic rings. The monoisotopic (exact) mass is 251 g/mol. The van der Waals surface area contributed by atoms with E-state index in [9.17, 15) is 5.11 Å². The van der Waals surface area contributed by atoms with Crippen molar-refractivity contribution in [1.29, 1.82) is 0 Å². The Hall–Kier alpha value is -1.13. The SMILES string of the molecule is CCN(CC)C(C)(C)C(O)Cc1cccnc1N. The molecule has 0 radical (unpaired) electrons. The fourth-order valence-corrected chi connectivity index (χ4v) is 2.33. The summed E-state index contributed by atoms with van der Waals surface area (Å²) in [5, 5.41) is 10.5. The fraction of sp³-hybridized carbons (Fsp3) is 0.643. The van der Waals surface area contributed by atoms with Gasteiger partial charge in [-0.05, 0) is 38.6 Å². The topological polar surface area (TPSA) is 62.4 Å². The molecule has 0 aliphatic carbocycles. The highest BCUT2D eigenvalue weighted by molar-refractivity contribution is 5.39. The predicted octanol–water partition coefficient (Wildman–Crippen LogP) is 1.69. The van der Waals surface area contributed by atoms with Crippen LogP contribution in [0.2, 0.25) is 0 Å². The van der Waals surface area contributed by atoms with Crippen LogP contribution < -0.4 is 5.73 Å². The lowest BCUT2D eigenvalue weighted by molar-refractivity contribution is -0.00409. The molecule has 0 spiro atoms. The number of hydrogen-bond donors (Lipinski definition) is 2. The molecule has 1 heterocycles. The third kappa shape index (κ3) is 3.21. The number of aromatic nitrogens is 1. The number of nitrogens with zero attached hydrogens (tertiary/aromatic N) is 2. The third-order valence-corrected chi connectivity index (χ3v) is 3.73. The highest BCUT2D eigenvalue weighted by atomic mass is 16.3. The minimum Gasteiger partial charge on any atom is -0.391 e. The normalized spacial score (nSPS) is 13.9. The first kappa shape index (κ1) is 14.9. The van der Waals surface area contributed by atoms with Crippen molar-refractivity contribution in [1.82, 2.24) is 9.88 Å². The van der Waals surface area contributed by atoms with E-state index in [4.69, 9.17) is 5.73 Å². The zero-order valence-electron chi connectivity index (χ0n) is 11.8. The molecule has 0 aliphatic heterocycles. The van der Waals surface area contributed by atoms with Gasteiger partial charge >= 0.3 is 0 Å². The van der Waals surface area contributed by atoms with Gasteiger partial charge in [0.1, 0.15) is 5.82 Å². The van der Waals surface area contributed by atoms with E-state index in [0.717, 1.165) is 18.7 Å². The summed E-state index contributed by atoms with van der Waals surface area (Å²) >= 11 is 0. The lowest BCUT2D eigenvalue weighted by Crippen LogP contribution is -2.53. The van der Waals surface area contributed by atoms with Crippen LogP contribution in [0, 0.1) is 0 Å². The van der Waals surface area contributed by atoms with E-state index in [1.165, 1.54) is 0 Å². The van der Waals surface area contributed by atoms with E-state index in [1.54, 1.807) is 6.20 Å². The van der Waals surface area contributed by atoms with Crippen molar-refractivity contribution in [3.05, 3.63) is 23.9 Å².